The summed E-state index contributed by atoms with van der Waals surface area (Å²) in [5, 5.41) is 30.9. The van der Waals surface area contributed by atoms with Gasteiger partial charge in [0.25, 0.3) is 5.91 Å². The van der Waals surface area contributed by atoms with Gasteiger partial charge in [-0.3, -0.25) is 15.0 Å². The third-order valence-corrected chi connectivity index (χ3v) is 3.14. The summed E-state index contributed by atoms with van der Waals surface area (Å²) in [6.45, 7) is 1.24. The fraction of sp³-hybridized carbons (Fsp3) is 0.357. The first-order valence-corrected chi connectivity index (χ1v) is 7.06. The highest BCUT2D eigenvalue weighted by molar-refractivity contribution is 5.88. The first-order valence-electron chi connectivity index (χ1n) is 7.06. The highest BCUT2D eigenvalue weighted by Crippen LogP contribution is 2.28. The second kappa shape index (κ2) is 8.70. The molecular formula is C14H20N4O7. The maximum Gasteiger partial charge on any atom is 0.334 e. The number of nitrogens with two attached hydrogens (primary N) is 1. The Morgan fingerprint density at radius 2 is 1.84 bits per heavy atom. The van der Waals surface area contributed by atoms with Gasteiger partial charge in [-0.25, -0.2) is 10.2 Å². The summed E-state index contributed by atoms with van der Waals surface area (Å²) in [4.78, 5) is 34.4. The van der Waals surface area contributed by atoms with Crippen LogP contribution in [0.2, 0.25) is 0 Å². The number of carbonyl (C=O) groups excluding carboxylic acids is 3. The lowest BCUT2D eigenvalue weighted by molar-refractivity contribution is -0.130. The van der Waals surface area contributed by atoms with Gasteiger partial charge in [0, 0.05) is 0 Å². The Bertz CT molecular complexity index is 650. The van der Waals surface area contributed by atoms with E-state index in [1.54, 1.807) is 0 Å². The number of aliphatic hydroxyl groups excluding tert-OH is 2. The van der Waals surface area contributed by atoms with Crippen LogP contribution in [-0.4, -0.2) is 52.4 Å². The minimum Gasteiger partial charge on any atom is -0.504 e. The van der Waals surface area contributed by atoms with Crippen molar-refractivity contribution in [1.82, 2.24) is 16.2 Å². The van der Waals surface area contributed by atoms with Crippen molar-refractivity contribution < 1.29 is 34.4 Å². The van der Waals surface area contributed by atoms with Crippen LogP contribution in [0.15, 0.2) is 18.2 Å². The number of hydrogen-bond donors (Lipinski definition) is 7. The number of phenols is 1. The lowest BCUT2D eigenvalue weighted by Gasteiger charge is -2.19. The Morgan fingerprint density at radius 1 is 1.20 bits per heavy atom. The van der Waals surface area contributed by atoms with Gasteiger partial charge in [0.1, 0.15) is 6.04 Å². The molecule has 0 radical (unpaired) electrons. The van der Waals surface area contributed by atoms with Crippen molar-refractivity contribution in [2.75, 3.05) is 7.11 Å². The van der Waals surface area contributed by atoms with Crippen LogP contribution in [0.4, 0.5) is 4.79 Å². The summed E-state index contributed by atoms with van der Waals surface area (Å²) in [6, 6.07) is 1.43. The molecule has 0 aliphatic rings. The first kappa shape index (κ1) is 20.0. The molecule has 0 aromatic heterocycles. The summed E-state index contributed by atoms with van der Waals surface area (Å²) in [5.74, 6) is -2.10. The summed E-state index contributed by atoms with van der Waals surface area (Å²) >= 11 is 0. The predicted molar refractivity (Wildman–Crippen MR) is 84.1 cm³/mol. The highest BCUT2D eigenvalue weighted by atomic mass is 16.5. The van der Waals surface area contributed by atoms with Gasteiger partial charge < -0.3 is 31.1 Å². The van der Waals surface area contributed by atoms with Crippen LogP contribution in [0.1, 0.15) is 18.6 Å². The van der Waals surface area contributed by atoms with Crippen molar-refractivity contribution in [3.63, 3.8) is 0 Å². The van der Waals surface area contributed by atoms with Crippen molar-refractivity contribution in [3.05, 3.63) is 23.8 Å². The number of primary amides is 1. The zero-order valence-corrected chi connectivity index (χ0v) is 13.5. The summed E-state index contributed by atoms with van der Waals surface area (Å²) in [5.41, 5.74) is 8.86. The smallest absolute Gasteiger partial charge is 0.334 e. The fourth-order valence-electron chi connectivity index (χ4n) is 1.82. The van der Waals surface area contributed by atoms with Crippen LogP contribution >= 0.6 is 0 Å². The van der Waals surface area contributed by atoms with E-state index in [1.165, 1.54) is 26.2 Å². The number of methoxy groups -OCH3 is 1. The molecule has 0 heterocycles. The standard InChI is InChI=1S/C14H20N4O7/c1-6(19)10(12(15)22)16-14(24)18-17-13(23)11(21)7-3-4-9(25-2)8(20)5-7/h3-6,10-11,19-21H,1-2H3,(H2,15,22)(H,17,23)(H2,16,18,24). The van der Waals surface area contributed by atoms with Gasteiger partial charge in [-0.05, 0) is 24.6 Å². The first-order chi connectivity index (χ1) is 11.7. The molecule has 3 atom stereocenters. The Kier molecular flexibility index (Phi) is 6.96. The molecular weight excluding hydrogens is 336 g/mol. The van der Waals surface area contributed by atoms with Crippen molar-refractivity contribution in [3.8, 4) is 11.5 Å². The lowest BCUT2D eigenvalue weighted by Crippen LogP contribution is -2.56. The van der Waals surface area contributed by atoms with Gasteiger partial charge in [0.15, 0.2) is 17.6 Å². The SMILES string of the molecule is COc1ccc(C(O)C(=O)NNC(=O)NC(C(N)=O)C(C)O)cc1O. The number of rotatable bonds is 6. The molecule has 11 nitrogen and oxygen atoms in total. The molecule has 0 spiro atoms. The maximum atomic E-state index is 11.8. The largest absolute Gasteiger partial charge is 0.504 e. The minimum atomic E-state index is -1.69. The van der Waals surface area contributed by atoms with E-state index >= 15 is 0 Å². The van der Waals surface area contributed by atoms with Crippen LogP contribution in [0.3, 0.4) is 0 Å². The molecule has 0 aliphatic heterocycles. The number of benzene rings is 1. The number of amides is 4. The molecule has 25 heavy (non-hydrogen) atoms. The Morgan fingerprint density at radius 3 is 2.32 bits per heavy atom. The van der Waals surface area contributed by atoms with Crippen molar-refractivity contribution in [1.29, 1.82) is 0 Å². The number of ether oxygens (including phenoxy) is 1. The third kappa shape index (κ3) is 5.51. The summed E-state index contributed by atoms with van der Waals surface area (Å²) in [7, 11) is 1.34. The van der Waals surface area contributed by atoms with E-state index in [9.17, 15) is 29.7 Å². The van der Waals surface area contributed by atoms with E-state index in [0.717, 1.165) is 6.07 Å². The van der Waals surface area contributed by atoms with E-state index in [1.807, 2.05) is 16.2 Å². The van der Waals surface area contributed by atoms with Gasteiger partial charge in [-0.2, -0.15) is 0 Å². The Labute approximate surface area is 142 Å². The van der Waals surface area contributed by atoms with Crippen LogP contribution in [0.5, 0.6) is 11.5 Å². The quantitative estimate of drug-likeness (QED) is 0.287. The molecule has 1 aromatic rings. The molecule has 3 unspecified atom stereocenters. The number of urea groups is 1. The van der Waals surface area contributed by atoms with Crippen molar-refractivity contribution in [2.45, 2.75) is 25.2 Å². The van der Waals surface area contributed by atoms with E-state index in [2.05, 4.69) is 0 Å². The maximum absolute atomic E-state index is 11.8. The summed E-state index contributed by atoms with van der Waals surface area (Å²) < 4.78 is 4.84. The number of phenolic OH excluding ortho intramolecular Hbond substituents is 1. The Hall–Kier alpha value is -3.05. The fourth-order valence-corrected chi connectivity index (χ4v) is 1.82. The number of hydrogen-bond acceptors (Lipinski definition) is 7. The number of aliphatic hydroxyl groups is 2. The normalized spacial score (nSPS) is 13.9. The second-order valence-corrected chi connectivity index (χ2v) is 5.04. The van der Waals surface area contributed by atoms with E-state index < -0.39 is 36.1 Å². The van der Waals surface area contributed by atoms with Gasteiger partial charge in [0.05, 0.1) is 13.2 Å². The van der Waals surface area contributed by atoms with Gasteiger partial charge in [-0.1, -0.05) is 6.07 Å². The molecule has 0 fully saturated rings. The van der Waals surface area contributed by atoms with Gasteiger partial charge >= 0.3 is 6.03 Å². The van der Waals surface area contributed by atoms with E-state index in [4.69, 9.17) is 10.5 Å². The van der Waals surface area contributed by atoms with Gasteiger partial charge in [0.2, 0.25) is 5.91 Å². The number of hydrazine groups is 1. The molecule has 0 bridgehead atoms. The molecule has 0 saturated carbocycles. The van der Waals surface area contributed by atoms with Crippen molar-refractivity contribution >= 4 is 17.8 Å². The third-order valence-electron chi connectivity index (χ3n) is 3.14. The molecule has 8 N–H and O–H groups in total. The minimum absolute atomic E-state index is 0.0528. The molecule has 0 aliphatic carbocycles. The van der Waals surface area contributed by atoms with Gasteiger partial charge in [-0.15, -0.1) is 0 Å². The number of carbonyl (C=O) groups is 3. The van der Waals surface area contributed by atoms with Crippen LogP contribution < -0.4 is 26.6 Å². The monoisotopic (exact) mass is 356 g/mol. The molecule has 1 rings (SSSR count). The van der Waals surface area contributed by atoms with E-state index in [0.29, 0.717) is 0 Å². The average Bonchev–Trinajstić information content (AvgIpc) is 2.56. The van der Waals surface area contributed by atoms with Crippen LogP contribution in [0, 0.1) is 0 Å². The zero-order valence-electron chi connectivity index (χ0n) is 13.5. The lowest BCUT2D eigenvalue weighted by atomic mass is 10.1. The Balaban J connectivity index is 2.62. The predicted octanol–water partition coefficient (Wildman–Crippen LogP) is -2.00. The summed E-state index contributed by atoms with van der Waals surface area (Å²) in [6.07, 6.45) is -2.94. The highest BCUT2D eigenvalue weighted by Gasteiger charge is 2.24. The molecule has 0 saturated heterocycles. The molecule has 11 heteroatoms. The molecule has 4 amide bonds. The molecule has 138 valence electrons. The second-order valence-electron chi connectivity index (χ2n) is 5.04. The number of nitrogens with one attached hydrogen (secondary N) is 3. The topological polar surface area (TPSA) is 183 Å². The van der Waals surface area contributed by atoms with E-state index in [-0.39, 0.29) is 17.1 Å². The average molecular weight is 356 g/mol. The zero-order chi connectivity index (χ0) is 19.1. The van der Waals surface area contributed by atoms with Crippen LogP contribution in [0.25, 0.3) is 0 Å². The van der Waals surface area contributed by atoms with Crippen LogP contribution in [-0.2, 0) is 9.59 Å². The number of aromatic hydroxyl groups is 1. The van der Waals surface area contributed by atoms with Crippen molar-refractivity contribution in [2.24, 2.45) is 5.73 Å². The molecule has 1 aromatic carbocycles.